The highest BCUT2D eigenvalue weighted by atomic mass is 32.2. The van der Waals surface area contributed by atoms with Crippen molar-refractivity contribution >= 4 is 25.8 Å². The third-order valence-corrected chi connectivity index (χ3v) is 7.38. The zero-order chi connectivity index (χ0) is 15.6. The summed E-state index contributed by atoms with van der Waals surface area (Å²) in [5, 5.41) is -1.01. The maximum atomic E-state index is 12.2. The Morgan fingerprint density at radius 2 is 2.05 bits per heavy atom. The smallest absolute Gasteiger partial charge is 0.326 e. The molecule has 118 valence electrons. The number of hydrogen-bond acceptors (Lipinski definition) is 6. The zero-order valence-electron chi connectivity index (χ0n) is 11.9. The van der Waals surface area contributed by atoms with E-state index in [9.17, 15) is 21.6 Å². The molecule has 1 aliphatic rings. The van der Waals surface area contributed by atoms with E-state index in [1.165, 1.54) is 14.0 Å². The predicted molar refractivity (Wildman–Crippen MR) is 74.4 cm³/mol. The molecule has 0 radical (unpaired) electrons. The first-order valence-electron chi connectivity index (χ1n) is 6.38. The number of carbonyl (C=O) groups is 1. The van der Waals surface area contributed by atoms with Crippen LogP contribution >= 0.6 is 0 Å². The van der Waals surface area contributed by atoms with Crippen molar-refractivity contribution in [2.24, 2.45) is 0 Å². The fourth-order valence-electron chi connectivity index (χ4n) is 2.32. The van der Waals surface area contributed by atoms with Gasteiger partial charge in [0.15, 0.2) is 9.84 Å². The van der Waals surface area contributed by atoms with Crippen LogP contribution in [0.15, 0.2) is 0 Å². The molecule has 0 aliphatic carbocycles. The number of rotatable bonds is 6. The molecule has 0 aromatic rings. The monoisotopic (exact) mass is 327 g/mol. The minimum atomic E-state index is -3.90. The van der Waals surface area contributed by atoms with E-state index in [4.69, 9.17) is 0 Å². The summed E-state index contributed by atoms with van der Waals surface area (Å²) in [6.07, 6.45) is 0.913. The van der Waals surface area contributed by atoms with Gasteiger partial charge in [-0.3, -0.25) is 4.79 Å². The molecule has 1 aliphatic heterocycles. The summed E-state index contributed by atoms with van der Waals surface area (Å²) in [4.78, 5) is 11.8. The first-order valence-corrected chi connectivity index (χ1v) is 9.75. The van der Waals surface area contributed by atoms with Gasteiger partial charge in [0.05, 0.1) is 23.9 Å². The highest BCUT2D eigenvalue weighted by Crippen LogP contribution is 2.22. The Bertz CT molecular complexity index is 568. The fraction of sp³-hybridized carbons (Fsp3) is 0.909. The van der Waals surface area contributed by atoms with Crippen LogP contribution in [-0.4, -0.2) is 52.2 Å². The summed E-state index contributed by atoms with van der Waals surface area (Å²) in [7, 11) is -6.02. The minimum absolute atomic E-state index is 0.0566. The fourth-order valence-corrected chi connectivity index (χ4v) is 6.76. The van der Waals surface area contributed by atoms with Crippen LogP contribution in [0.3, 0.4) is 0 Å². The number of esters is 1. The van der Waals surface area contributed by atoms with Crippen LogP contribution in [0.4, 0.5) is 0 Å². The van der Waals surface area contributed by atoms with E-state index in [0.29, 0.717) is 6.42 Å². The standard InChI is InChI=1S/C11H21NO6S2/c1-4-6-11(2,10(13)18-3)12-20(16,17)9-5-7-19(14,15)8-9/h9,12H,4-8H2,1-3H3. The van der Waals surface area contributed by atoms with Crippen molar-refractivity contribution in [1.82, 2.24) is 4.72 Å². The average molecular weight is 327 g/mol. The van der Waals surface area contributed by atoms with E-state index < -0.39 is 42.4 Å². The molecule has 1 rings (SSSR count). The molecule has 0 aromatic carbocycles. The van der Waals surface area contributed by atoms with Gasteiger partial charge in [0.25, 0.3) is 0 Å². The first-order chi connectivity index (χ1) is 9.06. The van der Waals surface area contributed by atoms with Crippen LogP contribution in [0, 0.1) is 0 Å². The Labute approximate surface area is 120 Å². The molecule has 0 saturated carbocycles. The van der Waals surface area contributed by atoms with Crippen molar-refractivity contribution in [2.75, 3.05) is 18.6 Å². The molecule has 1 fully saturated rings. The summed E-state index contributed by atoms with van der Waals surface area (Å²) in [6, 6.07) is 0. The normalized spacial score (nSPS) is 25.1. The maximum Gasteiger partial charge on any atom is 0.326 e. The van der Waals surface area contributed by atoms with Crippen LogP contribution < -0.4 is 4.72 Å². The second-order valence-corrected chi connectivity index (χ2v) is 9.44. The summed E-state index contributed by atoms with van der Waals surface area (Å²) < 4.78 is 54.2. The molecule has 0 amide bonds. The summed E-state index contributed by atoms with van der Waals surface area (Å²) in [5.41, 5.74) is -1.37. The lowest BCUT2D eigenvalue weighted by Gasteiger charge is -2.28. The quantitative estimate of drug-likeness (QED) is 0.679. The maximum absolute atomic E-state index is 12.2. The first kappa shape index (κ1) is 17.4. The molecule has 2 unspecified atom stereocenters. The van der Waals surface area contributed by atoms with Gasteiger partial charge in [0.1, 0.15) is 5.54 Å². The molecule has 1 N–H and O–H groups in total. The van der Waals surface area contributed by atoms with Crippen LogP contribution in [0.2, 0.25) is 0 Å². The van der Waals surface area contributed by atoms with Gasteiger partial charge in [-0.25, -0.2) is 16.8 Å². The van der Waals surface area contributed by atoms with Gasteiger partial charge in [-0.15, -0.1) is 0 Å². The molecule has 1 saturated heterocycles. The molecule has 1 heterocycles. The van der Waals surface area contributed by atoms with Crippen LogP contribution in [0.1, 0.15) is 33.1 Å². The zero-order valence-corrected chi connectivity index (χ0v) is 13.5. The molecule has 9 heteroatoms. The van der Waals surface area contributed by atoms with E-state index in [0.717, 1.165) is 0 Å². The number of sulfone groups is 1. The van der Waals surface area contributed by atoms with E-state index in [1.807, 2.05) is 6.92 Å². The van der Waals surface area contributed by atoms with Gasteiger partial charge in [0.2, 0.25) is 10.0 Å². The van der Waals surface area contributed by atoms with Gasteiger partial charge in [0, 0.05) is 0 Å². The third kappa shape index (κ3) is 3.92. The van der Waals surface area contributed by atoms with Crippen LogP contribution in [0.5, 0.6) is 0 Å². The Balaban J connectivity index is 2.96. The lowest BCUT2D eigenvalue weighted by Crippen LogP contribution is -2.55. The lowest BCUT2D eigenvalue weighted by molar-refractivity contribution is -0.147. The topological polar surface area (TPSA) is 107 Å². The highest BCUT2D eigenvalue weighted by molar-refractivity contribution is 7.95. The molecule has 7 nitrogen and oxygen atoms in total. The van der Waals surface area contributed by atoms with Crippen LogP contribution in [-0.2, 0) is 29.4 Å². The minimum Gasteiger partial charge on any atom is -0.468 e. The second-order valence-electron chi connectivity index (χ2n) is 5.25. The van der Waals surface area contributed by atoms with Crippen molar-refractivity contribution in [3.05, 3.63) is 0 Å². The molecular formula is C11H21NO6S2. The van der Waals surface area contributed by atoms with Gasteiger partial charge < -0.3 is 4.74 Å². The Morgan fingerprint density at radius 1 is 1.45 bits per heavy atom. The molecule has 0 spiro atoms. The summed E-state index contributed by atoms with van der Waals surface area (Å²) in [6.45, 7) is 3.26. The second kappa shape index (κ2) is 5.98. The number of carbonyl (C=O) groups excluding carboxylic acids is 1. The number of nitrogens with one attached hydrogen (secondary N) is 1. The molecule has 0 aromatic heterocycles. The van der Waals surface area contributed by atoms with Gasteiger partial charge in [-0.05, 0) is 19.8 Å². The van der Waals surface area contributed by atoms with E-state index in [2.05, 4.69) is 9.46 Å². The third-order valence-electron chi connectivity index (χ3n) is 3.38. The number of ether oxygens (including phenoxy) is 1. The largest absolute Gasteiger partial charge is 0.468 e. The number of hydrogen-bond donors (Lipinski definition) is 1. The summed E-state index contributed by atoms with van der Waals surface area (Å²) in [5.74, 6) is -1.21. The van der Waals surface area contributed by atoms with Gasteiger partial charge in [-0.2, -0.15) is 4.72 Å². The van der Waals surface area contributed by atoms with E-state index >= 15 is 0 Å². The van der Waals surface area contributed by atoms with Crippen molar-refractivity contribution in [2.45, 2.75) is 43.9 Å². The van der Waals surface area contributed by atoms with E-state index in [-0.39, 0.29) is 18.6 Å². The van der Waals surface area contributed by atoms with Crippen LogP contribution in [0.25, 0.3) is 0 Å². The van der Waals surface area contributed by atoms with Crippen molar-refractivity contribution in [1.29, 1.82) is 0 Å². The van der Waals surface area contributed by atoms with Crippen molar-refractivity contribution in [3.63, 3.8) is 0 Å². The number of sulfonamides is 1. The Morgan fingerprint density at radius 3 is 2.45 bits per heavy atom. The Kier molecular flexibility index (Phi) is 5.20. The predicted octanol–water partition coefficient (Wildman–Crippen LogP) is -0.175. The molecular weight excluding hydrogens is 306 g/mol. The van der Waals surface area contributed by atoms with Gasteiger partial charge in [-0.1, -0.05) is 13.3 Å². The molecule has 0 bridgehead atoms. The van der Waals surface area contributed by atoms with Gasteiger partial charge >= 0.3 is 5.97 Å². The SMILES string of the molecule is CCCC(C)(NS(=O)(=O)C1CCS(=O)(=O)C1)C(=O)OC. The summed E-state index contributed by atoms with van der Waals surface area (Å²) >= 11 is 0. The Hall–Kier alpha value is -0.670. The lowest BCUT2D eigenvalue weighted by atomic mass is 9.98. The van der Waals surface area contributed by atoms with Crippen molar-refractivity contribution in [3.8, 4) is 0 Å². The molecule has 20 heavy (non-hydrogen) atoms. The molecule has 2 atom stereocenters. The highest BCUT2D eigenvalue weighted by Gasteiger charge is 2.43. The average Bonchev–Trinajstić information content (AvgIpc) is 2.69. The number of methoxy groups -OCH3 is 1. The van der Waals surface area contributed by atoms with E-state index in [1.54, 1.807) is 0 Å². The van der Waals surface area contributed by atoms with Crippen molar-refractivity contribution < 1.29 is 26.4 Å².